The Kier molecular flexibility index (Phi) is 4.56. The van der Waals surface area contributed by atoms with E-state index in [1.807, 2.05) is 31.2 Å². The van der Waals surface area contributed by atoms with Crippen LogP contribution in [0.25, 0.3) is 11.1 Å². The Morgan fingerprint density at radius 3 is 2.13 bits per heavy atom. The Bertz CT molecular complexity index is 780. The SMILES string of the molecule is CCc1ccc(-c2ccc(Cl)c(Cl)c2)cc1C1C(=O)CCC1=O. The average Bonchev–Trinajstić information content (AvgIpc) is 2.88. The quantitative estimate of drug-likeness (QED) is 0.712. The molecule has 3 rings (SSSR count). The fourth-order valence-corrected chi connectivity index (χ4v) is 3.40. The van der Waals surface area contributed by atoms with Gasteiger partial charge in [-0.1, -0.05) is 48.3 Å². The predicted molar refractivity (Wildman–Crippen MR) is 93.3 cm³/mol. The molecule has 0 bridgehead atoms. The van der Waals surface area contributed by atoms with Crippen molar-refractivity contribution in [1.82, 2.24) is 0 Å². The van der Waals surface area contributed by atoms with Gasteiger partial charge in [-0.05, 0) is 46.9 Å². The molecule has 0 saturated heterocycles. The maximum absolute atomic E-state index is 12.1. The van der Waals surface area contributed by atoms with E-state index in [4.69, 9.17) is 23.2 Å². The van der Waals surface area contributed by atoms with E-state index >= 15 is 0 Å². The number of hydrogen-bond acceptors (Lipinski definition) is 2. The zero-order valence-corrected chi connectivity index (χ0v) is 14.2. The summed E-state index contributed by atoms with van der Waals surface area (Å²) in [5.74, 6) is -0.556. The lowest BCUT2D eigenvalue weighted by molar-refractivity contribution is -0.123. The minimum atomic E-state index is -0.604. The minimum absolute atomic E-state index is 0.0241. The van der Waals surface area contributed by atoms with E-state index in [0.29, 0.717) is 22.9 Å². The highest BCUT2D eigenvalue weighted by Gasteiger charge is 2.35. The average molecular weight is 347 g/mol. The Morgan fingerprint density at radius 2 is 1.52 bits per heavy atom. The monoisotopic (exact) mass is 346 g/mol. The first-order valence-electron chi connectivity index (χ1n) is 7.65. The maximum Gasteiger partial charge on any atom is 0.148 e. The van der Waals surface area contributed by atoms with Crippen molar-refractivity contribution in [3.8, 4) is 11.1 Å². The molecule has 0 N–H and O–H groups in total. The summed E-state index contributed by atoms with van der Waals surface area (Å²) in [6, 6.07) is 11.4. The molecule has 2 aromatic rings. The van der Waals surface area contributed by atoms with Crippen molar-refractivity contribution < 1.29 is 9.59 Å². The molecule has 1 fully saturated rings. The third-order valence-electron chi connectivity index (χ3n) is 4.35. The number of Topliss-reactive ketones (excluding diaryl/α,β-unsaturated/α-hetero) is 2. The molecule has 0 heterocycles. The number of benzene rings is 2. The molecule has 4 heteroatoms. The van der Waals surface area contributed by atoms with Crippen LogP contribution in [0, 0.1) is 0 Å². The fraction of sp³-hybridized carbons (Fsp3) is 0.263. The van der Waals surface area contributed by atoms with Crippen molar-refractivity contribution in [3.63, 3.8) is 0 Å². The Hall–Kier alpha value is -1.64. The number of ketones is 2. The van der Waals surface area contributed by atoms with Gasteiger partial charge in [0, 0.05) is 12.8 Å². The molecule has 0 unspecified atom stereocenters. The van der Waals surface area contributed by atoms with Crippen LogP contribution in [0.4, 0.5) is 0 Å². The van der Waals surface area contributed by atoms with E-state index < -0.39 is 5.92 Å². The lowest BCUT2D eigenvalue weighted by atomic mass is 9.88. The summed E-state index contributed by atoms with van der Waals surface area (Å²) in [5, 5.41) is 0.986. The molecule has 23 heavy (non-hydrogen) atoms. The summed E-state index contributed by atoms with van der Waals surface area (Å²) in [4.78, 5) is 24.3. The van der Waals surface area contributed by atoms with Crippen LogP contribution in [0.1, 0.15) is 36.8 Å². The standard InChI is InChI=1S/C19H16Cl2O2/c1-2-11-3-4-12(13-5-6-15(20)16(21)10-13)9-14(11)19-17(22)7-8-18(19)23/h3-6,9-10,19H,2,7-8H2,1H3. The summed E-state index contributed by atoms with van der Waals surface area (Å²) < 4.78 is 0. The van der Waals surface area contributed by atoms with E-state index in [1.54, 1.807) is 12.1 Å². The molecule has 118 valence electrons. The van der Waals surface area contributed by atoms with Gasteiger partial charge < -0.3 is 0 Å². The molecule has 0 spiro atoms. The second-order valence-corrected chi connectivity index (χ2v) is 6.58. The highest BCUT2D eigenvalue weighted by molar-refractivity contribution is 6.42. The number of carbonyl (C=O) groups is 2. The van der Waals surface area contributed by atoms with Gasteiger partial charge in [-0.15, -0.1) is 0 Å². The smallest absolute Gasteiger partial charge is 0.148 e. The normalized spacial score (nSPS) is 15.4. The molecule has 2 aromatic carbocycles. The van der Waals surface area contributed by atoms with Gasteiger partial charge >= 0.3 is 0 Å². The van der Waals surface area contributed by atoms with Crippen molar-refractivity contribution in [2.75, 3.05) is 0 Å². The summed E-state index contributed by atoms with van der Waals surface area (Å²) >= 11 is 12.1. The zero-order valence-electron chi connectivity index (χ0n) is 12.7. The molecule has 0 amide bonds. The van der Waals surface area contributed by atoms with Gasteiger partial charge in [0.25, 0.3) is 0 Å². The van der Waals surface area contributed by atoms with E-state index in [1.165, 1.54) is 0 Å². The largest absolute Gasteiger partial charge is 0.299 e. The van der Waals surface area contributed by atoms with Gasteiger partial charge in [-0.2, -0.15) is 0 Å². The van der Waals surface area contributed by atoms with Gasteiger partial charge in [0.15, 0.2) is 0 Å². The number of carbonyl (C=O) groups excluding carboxylic acids is 2. The number of hydrogen-bond donors (Lipinski definition) is 0. The summed E-state index contributed by atoms with van der Waals surface area (Å²) in [6.45, 7) is 2.03. The first-order chi connectivity index (χ1) is 11.0. The molecule has 1 saturated carbocycles. The lowest BCUT2D eigenvalue weighted by Gasteiger charge is -2.15. The van der Waals surface area contributed by atoms with Crippen molar-refractivity contribution in [1.29, 1.82) is 0 Å². The minimum Gasteiger partial charge on any atom is -0.299 e. The topological polar surface area (TPSA) is 34.1 Å². The molecule has 1 aliphatic rings. The van der Waals surface area contributed by atoms with Crippen LogP contribution in [-0.4, -0.2) is 11.6 Å². The van der Waals surface area contributed by atoms with Crippen LogP contribution in [0.15, 0.2) is 36.4 Å². The van der Waals surface area contributed by atoms with Crippen LogP contribution < -0.4 is 0 Å². The molecule has 1 aliphatic carbocycles. The summed E-state index contributed by atoms with van der Waals surface area (Å²) in [5.41, 5.74) is 3.73. The van der Waals surface area contributed by atoms with Crippen LogP contribution in [-0.2, 0) is 16.0 Å². The number of rotatable bonds is 3. The van der Waals surface area contributed by atoms with Crippen molar-refractivity contribution in [3.05, 3.63) is 57.6 Å². The molecular formula is C19H16Cl2O2. The Labute approximate surface area is 145 Å². The molecule has 2 nitrogen and oxygen atoms in total. The highest BCUT2D eigenvalue weighted by Crippen LogP contribution is 2.35. The summed E-state index contributed by atoms with van der Waals surface area (Å²) in [7, 11) is 0. The molecule has 0 atom stereocenters. The molecule has 0 aromatic heterocycles. The van der Waals surface area contributed by atoms with Gasteiger partial charge in [0.2, 0.25) is 0 Å². The summed E-state index contributed by atoms with van der Waals surface area (Å²) in [6.07, 6.45) is 1.49. The Balaban J connectivity index is 2.10. The van der Waals surface area contributed by atoms with E-state index in [9.17, 15) is 9.59 Å². The van der Waals surface area contributed by atoms with Gasteiger partial charge in [-0.3, -0.25) is 9.59 Å². The molecular weight excluding hydrogens is 331 g/mol. The first-order valence-corrected chi connectivity index (χ1v) is 8.40. The van der Waals surface area contributed by atoms with Gasteiger partial charge in [0.1, 0.15) is 17.5 Å². The zero-order chi connectivity index (χ0) is 16.6. The number of aryl methyl sites for hydroxylation is 1. The second-order valence-electron chi connectivity index (χ2n) is 5.76. The van der Waals surface area contributed by atoms with Crippen LogP contribution in [0.5, 0.6) is 0 Å². The third kappa shape index (κ3) is 3.06. The molecule has 0 radical (unpaired) electrons. The van der Waals surface area contributed by atoms with E-state index in [2.05, 4.69) is 0 Å². The second kappa shape index (κ2) is 6.46. The maximum atomic E-state index is 12.1. The van der Waals surface area contributed by atoms with Gasteiger partial charge in [0.05, 0.1) is 10.0 Å². The van der Waals surface area contributed by atoms with Crippen LogP contribution in [0.3, 0.4) is 0 Å². The van der Waals surface area contributed by atoms with Gasteiger partial charge in [-0.25, -0.2) is 0 Å². The van der Waals surface area contributed by atoms with E-state index in [0.717, 1.165) is 28.7 Å². The van der Waals surface area contributed by atoms with Crippen molar-refractivity contribution in [2.45, 2.75) is 32.1 Å². The van der Waals surface area contributed by atoms with Crippen LogP contribution >= 0.6 is 23.2 Å². The first kappa shape index (κ1) is 16.2. The Morgan fingerprint density at radius 1 is 0.913 bits per heavy atom. The molecule has 0 aliphatic heterocycles. The predicted octanol–water partition coefficient (Wildman–Crippen LogP) is 5.24. The lowest BCUT2D eigenvalue weighted by Crippen LogP contribution is -2.14. The van der Waals surface area contributed by atoms with Crippen molar-refractivity contribution >= 4 is 34.8 Å². The highest BCUT2D eigenvalue weighted by atomic mass is 35.5. The van der Waals surface area contributed by atoms with Crippen LogP contribution in [0.2, 0.25) is 10.0 Å². The fourth-order valence-electron chi connectivity index (χ4n) is 3.10. The van der Waals surface area contributed by atoms with E-state index in [-0.39, 0.29) is 11.6 Å². The third-order valence-corrected chi connectivity index (χ3v) is 5.09. The van der Waals surface area contributed by atoms with Crippen molar-refractivity contribution in [2.24, 2.45) is 0 Å². The number of halogens is 2.